The summed E-state index contributed by atoms with van der Waals surface area (Å²) in [5, 5.41) is 2.87. The summed E-state index contributed by atoms with van der Waals surface area (Å²) in [5.41, 5.74) is 10.4. The minimum atomic E-state index is -0.627. The molecule has 3 N–H and O–H groups in total. The van der Waals surface area contributed by atoms with Crippen LogP contribution in [-0.2, 0) is 25.5 Å². The molecule has 0 unspecified atom stereocenters. The van der Waals surface area contributed by atoms with E-state index in [1.807, 2.05) is 65.2 Å². The molecule has 0 saturated heterocycles. The molecule has 0 saturated carbocycles. The van der Waals surface area contributed by atoms with Crippen LogP contribution in [0.4, 0.5) is 0 Å². The molecule has 0 bridgehead atoms. The lowest BCUT2D eigenvalue weighted by Gasteiger charge is -2.16. The van der Waals surface area contributed by atoms with Crippen LogP contribution in [0, 0.1) is 0 Å². The van der Waals surface area contributed by atoms with Crippen molar-refractivity contribution in [2.24, 2.45) is 5.73 Å². The number of hydrogen-bond acceptors (Lipinski definition) is 11. The lowest BCUT2D eigenvalue weighted by atomic mass is 10.0. The number of nitrogens with zero attached hydrogens (tertiary/aromatic N) is 2. The molecular weight excluding hydrogens is 692 g/mol. The molecule has 1 heterocycles. The Morgan fingerprint density at radius 3 is 1.85 bits per heavy atom. The predicted molar refractivity (Wildman–Crippen MR) is 203 cm³/mol. The van der Waals surface area contributed by atoms with Gasteiger partial charge in [0.1, 0.15) is 17.3 Å². The summed E-state index contributed by atoms with van der Waals surface area (Å²) in [6.07, 6.45) is 0. The van der Waals surface area contributed by atoms with Crippen molar-refractivity contribution in [2.75, 3.05) is 68.0 Å². The summed E-state index contributed by atoms with van der Waals surface area (Å²) in [7, 11) is 5.74. The number of methoxy groups -OCH3 is 4. The number of aromatic nitrogens is 2. The Morgan fingerprint density at radius 1 is 0.667 bits per heavy atom. The number of amides is 1. The Morgan fingerprint density at radius 2 is 1.26 bits per heavy atom. The van der Waals surface area contributed by atoms with Crippen LogP contribution >= 0.6 is 0 Å². The van der Waals surface area contributed by atoms with E-state index in [2.05, 4.69) is 5.32 Å². The Hall–Kier alpha value is -6.02. The van der Waals surface area contributed by atoms with Gasteiger partial charge in [0, 0.05) is 41.9 Å². The summed E-state index contributed by atoms with van der Waals surface area (Å²) < 4.78 is 34.0. The number of carbonyl (C=O) groups is 3. The number of nitrogens with one attached hydrogen (secondary N) is 1. The maximum absolute atomic E-state index is 12.9. The van der Waals surface area contributed by atoms with E-state index in [0.29, 0.717) is 73.7 Å². The fourth-order valence-electron chi connectivity index (χ4n) is 5.78. The Kier molecular flexibility index (Phi) is 13.9. The van der Waals surface area contributed by atoms with Crippen LogP contribution in [0.3, 0.4) is 0 Å². The Bertz CT molecular complexity index is 2030. The van der Waals surface area contributed by atoms with Crippen molar-refractivity contribution in [3.63, 3.8) is 0 Å². The normalized spacial score (nSPS) is 10.8. The van der Waals surface area contributed by atoms with Crippen LogP contribution in [-0.4, -0.2) is 95.4 Å². The van der Waals surface area contributed by atoms with E-state index in [1.165, 1.54) is 20.3 Å². The fraction of sp³-hybridized carbons (Fsp3) is 0.268. The molecule has 1 aromatic heterocycles. The molecule has 1 amide bonds. The summed E-state index contributed by atoms with van der Waals surface area (Å²) >= 11 is 0. The van der Waals surface area contributed by atoms with E-state index in [0.717, 1.165) is 22.4 Å². The zero-order chi connectivity index (χ0) is 38.5. The summed E-state index contributed by atoms with van der Waals surface area (Å²) in [4.78, 5) is 43.8. The lowest BCUT2D eigenvalue weighted by molar-refractivity contribution is 0.0511. The first-order valence-electron chi connectivity index (χ1n) is 17.2. The minimum absolute atomic E-state index is 0.150. The number of carbonyl (C=O) groups excluding carboxylic acids is 3. The maximum Gasteiger partial charge on any atom is 0.337 e. The van der Waals surface area contributed by atoms with E-state index in [9.17, 15) is 14.4 Å². The quantitative estimate of drug-likeness (QED) is 0.0894. The highest BCUT2D eigenvalue weighted by Gasteiger charge is 2.25. The fourth-order valence-corrected chi connectivity index (χ4v) is 5.78. The van der Waals surface area contributed by atoms with Gasteiger partial charge in [-0.15, -0.1) is 0 Å². The second-order valence-electron chi connectivity index (χ2n) is 11.9. The van der Waals surface area contributed by atoms with Crippen LogP contribution < -0.4 is 20.5 Å². The predicted octanol–water partition coefficient (Wildman–Crippen LogP) is 5.24. The van der Waals surface area contributed by atoms with Gasteiger partial charge in [0.25, 0.3) is 5.91 Å². The molecule has 0 aliphatic heterocycles. The van der Waals surface area contributed by atoms with Crippen molar-refractivity contribution in [3.8, 4) is 45.4 Å². The summed E-state index contributed by atoms with van der Waals surface area (Å²) in [6, 6.07) is 27.1. The van der Waals surface area contributed by atoms with Gasteiger partial charge in [0.2, 0.25) is 0 Å². The largest absolute Gasteiger partial charge is 0.497 e. The molecule has 0 atom stereocenters. The number of nitrogens with two attached hydrogens (primary N) is 1. The van der Waals surface area contributed by atoms with Crippen molar-refractivity contribution in [2.45, 2.75) is 6.54 Å². The molecule has 0 spiro atoms. The molecule has 13 nitrogen and oxygen atoms in total. The highest BCUT2D eigenvalue weighted by Crippen LogP contribution is 2.39. The Labute approximate surface area is 313 Å². The third kappa shape index (κ3) is 9.69. The number of ether oxygens (including phenoxy) is 6. The van der Waals surface area contributed by atoms with Crippen molar-refractivity contribution in [1.82, 2.24) is 14.9 Å². The second-order valence-corrected chi connectivity index (χ2v) is 11.9. The number of rotatable bonds is 18. The monoisotopic (exact) mass is 736 g/mol. The zero-order valence-electron chi connectivity index (χ0n) is 30.8. The van der Waals surface area contributed by atoms with E-state index >= 15 is 0 Å². The zero-order valence-corrected chi connectivity index (χ0v) is 30.8. The molecule has 0 aliphatic carbocycles. The van der Waals surface area contributed by atoms with Gasteiger partial charge in [-0.25, -0.2) is 14.6 Å². The average molecular weight is 737 g/mol. The molecule has 282 valence electrons. The van der Waals surface area contributed by atoms with E-state index in [4.69, 9.17) is 39.1 Å². The molecule has 54 heavy (non-hydrogen) atoms. The molecule has 0 radical (unpaired) electrons. The lowest BCUT2D eigenvalue weighted by Crippen LogP contribution is -2.27. The summed E-state index contributed by atoms with van der Waals surface area (Å²) in [5.74, 6) is 0.241. The first-order valence-corrected chi connectivity index (χ1v) is 17.2. The first kappa shape index (κ1) is 39.2. The SMILES string of the molecule is COC(=O)c1cc(C(=O)OC)cc(-c2nc(-c3cccc(OC)c3)c(-c3cccc(OC)c3)n2Cc2ccc(C(=O)NCCOCCOCCN)cc2)c1. The third-order valence-corrected chi connectivity index (χ3v) is 8.41. The number of hydrogen-bond donors (Lipinski definition) is 2. The number of esters is 2. The van der Waals surface area contributed by atoms with Crippen LogP contribution in [0.25, 0.3) is 33.9 Å². The maximum atomic E-state index is 12.9. The molecule has 5 rings (SSSR count). The van der Waals surface area contributed by atoms with E-state index in [1.54, 1.807) is 38.5 Å². The van der Waals surface area contributed by atoms with Crippen LogP contribution in [0.15, 0.2) is 91.0 Å². The van der Waals surface area contributed by atoms with Crippen molar-refractivity contribution < 1.29 is 42.8 Å². The van der Waals surface area contributed by atoms with Gasteiger partial charge in [-0.2, -0.15) is 0 Å². The van der Waals surface area contributed by atoms with E-state index in [-0.39, 0.29) is 23.6 Å². The molecule has 13 heteroatoms. The van der Waals surface area contributed by atoms with Gasteiger partial charge in [-0.3, -0.25) is 4.79 Å². The van der Waals surface area contributed by atoms with Crippen molar-refractivity contribution in [3.05, 3.63) is 113 Å². The van der Waals surface area contributed by atoms with E-state index < -0.39 is 11.9 Å². The van der Waals surface area contributed by atoms with Crippen molar-refractivity contribution in [1.29, 1.82) is 0 Å². The van der Waals surface area contributed by atoms with Gasteiger partial charge in [0.05, 0.1) is 77.4 Å². The molecular formula is C41H44N4O9. The van der Waals surface area contributed by atoms with Crippen molar-refractivity contribution >= 4 is 17.8 Å². The molecule has 5 aromatic rings. The van der Waals surface area contributed by atoms with Gasteiger partial charge < -0.3 is 44.0 Å². The number of imidazole rings is 1. The van der Waals surface area contributed by atoms with Gasteiger partial charge in [-0.05, 0) is 60.2 Å². The van der Waals surface area contributed by atoms with Crippen LogP contribution in [0.5, 0.6) is 11.5 Å². The Balaban J connectivity index is 1.59. The summed E-state index contributed by atoms with van der Waals surface area (Å²) in [6.45, 7) is 2.75. The minimum Gasteiger partial charge on any atom is -0.497 e. The highest BCUT2D eigenvalue weighted by molar-refractivity contribution is 5.98. The first-order chi connectivity index (χ1) is 26.3. The topological polar surface area (TPSA) is 162 Å². The standard InChI is InChI=1S/C41H44N4O9/c1-49-34-9-5-7-29(24-34)36-37(30-8-6-10-35(25-30)50-2)45(38(44-36)31-21-32(40(47)51-3)23-33(22-31)41(48)52-4)26-27-11-13-28(14-12-27)39(46)43-16-18-54-20-19-53-17-15-42/h5-14,21-25H,15-20,26,42H2,1-4H3,(H,43,46). The van der Waals surface area contributed by atoms with Crippen LogP contribution in [0.2, 0.25) is 0 Å². The average Bonchev–Trinajstić information content (AvgIpc) is 3.60. The molecule has 0 aliphatic rings. The molecule has 4 aromatic carbocycles. The van der Waals surface area contributed by atoms with Gasteiger partial charge in [-0.1, -0.05) is 36.4 Å². The highest BCUT2D eigenvalue weighted by atomic mass is 16.5. The third-order valence-electron chi connectivity index (χ3n) is 8.41. The van der Waals surface area contributed by atoms with Gasteiger partial charge in [0.15, 0.2) is 0 Å². The smallest absolute Gasteiger partial charge is 0.337 e. The van der Waals surface area contributed by atoms with Gasteiger partial charge >= 0.3 is 11.9 Å². The van der Waals surface area contributed by atoms with Crippen LogP contribution in [0.1, 0.15) is 36.6 Å². The second kappa shape index (κ2) is 19.2. The molecule has 0 fully saturated rings. The number of benzene rings is 4.